The monoisotopic (exact) mass is 216 g/mol. The second kappa shape index (κ2) is 2.48. The quantitative estimate of drug-likeness (QED) is 0.648. The maximum Gasteiger partial charge on any atom is 0.144 e. The Balaban J connectivity index is 2.62. The van der Waals surface area contributed by atoms with Crippen molar-refractivity contribution in [3.63, 3.8) is 0 Å². The Morgan fingerprint density at radius 1 is 1.45 bits per heavy atom. The van der Waals surface area contributed by atoms with Crippen LogP contribution in [0.2, 0.25) is 0 Å². The van der Waals surface area contributed by atoms with E-state index in [1.165, 1.54) is 0 Å². The summed E-state index contributed by atoms with van der Waals surface area (Å²) < 4.78 is 18.9. The zero-order valence-electron chi connectivity index (χ0n) is 5.73. The fraction of sp³-hybridized carbons (Fsp3) is 0.250. The van der Waals surface area contributed by atoms with Crippen LogP contribution < -0.4 is 4.74 Å². The first-order valence-electron chi connectivity index (χ1n) is 3.39. The third kappa shape index (κ3) is 1.03. The SMILES string of the molecule is Fc1c(Br)ccc2c1CCO2. The van der Waals surface area contributed by atoms with E-state index in [9.17, 15) is 4.39 Å². The first kappa shape index (κ1) is 7.10. The van der Waals surface area contributed by atoms with Crippen LogP contribution in [0.1, 0.15) is 5.56 Å². The van der Waals surface area contributed by atoms with Crippen LogP contribution in [0.15, 0.2) is 16.6 Å². The number of hydrogen-bond donors (Lipinski definition) is 0. The van der Waals surface area contributed by atoms with Crippen LogP contribution in [-0.4, -0.2) is 6.61 Å². The lowest BCUT2D eigenvalue weighted by Crippen LogP contribution is -1.87. The normalized spacial score (nSPS) is 14.4. The van der Waals surface area contributed by atoms with Crippen molar-refractivity contribution < 1.29 is 9.13 Å². The third-order valence-electron chi connectivity index (χ3n) is 1.76. The first-order chi connectivity index (χ1) is 5.29. The van der Waals surface area contributed by atoms with Crippen LogP contribution in [0.3, 0.4) is 0 Å². The van der Waals surface area contributed by atoms with E-state index >= 15 is 0 Å². The summed E-state index contributed by atoms with van der Waals surface area (Å²) in [4.78, 5) is 0. The molecule has 0 aliphatic carbocycles. The Bertz CT molecular complexity index is 298. The highest BCUT2D eigenvalue weighted by Gasteiger charge is 2.17. The molecule has 0 radical (unpaired) electrons. The first-order valence-corrected chi connectivity index (χ1v) is 4.18. The van der Waals surface area contributed by atoms with Gasteiger partial charge in [-0.05, 0) is 28.1 Å². The van der Waals surface area contributed by atoms with Crippen molar-refractivity contribution in [3.05, 3.63) is 28.0 Å². The molecular formula is C8H6BrFO. The Morgan fingerprint density at radius 3 is 3.09 bits per heavy atom. The Kier molecular flexibility index (Phi) is 1.60. The van der Waals surface area contributed by atoms with Crippen LogP contribution in [0, 0.1) is 5.82 Å². The van der Waals surface area contributed by atoms with Crippen molar-refractivity contribution in [2.45, 2.75) is 6.42 Å². The molecule has 1 aromatic carbocycles. The molecule has 0 bridgehead atoms. The van der Waals surface area contributed by atoms with Crippen molar-refractivity contribution >= 4 is 15.9 Å². The lowest BCUT2D eigenvalue weighted by Gasteiger charge is -2.00. The van der Waals surface area contributed by atoms with Gasteiger partial charge >= 0.3 is 0 Å². The van der Waals surface area contributed by atoms with Crippen molar-refractivity contribution in [3.8, 4) is 5.75 Å². The highest BCUT2D eigenvalue weighted by molar-refractivity contribution is 9.10. The number of fused-ring (bicyclic) bond motifs is 1. The molecule has 1 heterocycles. The molecule has 3 heteroatoms. The molecule has 1 aliphatic heterocycles. The van der Waals surface area contributed by atoms with Gasteiger partial charge in [0, 0.05) is 12.0 Å². The van der Waals surface area contributed by atoms with Gasteiger partial charge in [0.25, 0.3) is 0 Å². The van der Waals surface area contributed by atoms with Crippen LogP contribution in [0.4, 0.5) is 4.39 Å². The standard InChI is InChI=1S/C8H6BrFO/c9-6-1-2-7-5(8(6)10)3-4-11-7/h1-2H,3-4H2. The summed E-state index contributed by atoms with van der Waals surface area (Å²) in [6, 6.07) is 3.45. The van der Waals surface area contributed by atoms with Crippen molar-refractivity contribution in [1.29, 1.82) is 0 Å². The van der Waals surface area contributed by atoms with Crippen LogP contribution >= 0.6 is 15.9 Å². The number of ether oxygens (including phenoxy) is 1. The molecule has 0 unspecified atom stereocenters. The maximum atomic E-state index is 13.2. The largest absolute Gasteiger partial charge is 0.493 e. The van der Waals surface area contributed by atoms with Crippen molar-refractivity contribution in [2.24, 2.45) is 0 Å². The number of benzene rings is 1. The summed E-state index contributed by atoms with van der Waals surface area (Å²) >= 11 is 3.12. The average Bonchev–Trinajstić information content (AvgIpc) is 2.45. The maximum absolute atomic E-state index is 13.2. The summed E-state index contributed by atoms with van der Waals surface area (Å²) in [7, 11) is 0. The predicted octanol–water partition coefficient (Wildman–Crippen LogP) is 2.52. The van der Waals surface area contributed by atoms with E-state index in [4.69, 9.17) is 4.74 Å². The van der Waals surface area contributed by atoms with Gasteiger partial charge in [-0.15, -0.1) is 0 Å². The van der Waals surface area contributed by atoms with E-state index in [1.807, 2.05) is 0 Å². The van der Waals surface area contributed by atoms with Gasteiger partial charge in [-0.25, -0.2) is 4.39 Å². The van der Waals surface area contributed by atoms with Gasteiger partial charge in [0.1, 0.15) is 11.6 Å². The molecule has 1 aliphatic rings. The number of hydrogen-bond acceptors (Lipinski definition) is 1. The van der Waals surface area contributed by atoms with Crippen LogP contribution in [0.5, 0.6) is 5.75 Å². The minimum atomic E-state index is -0.181. The molecule has 0 fully saturated rings. The van der Waals surface area contributed by atoms with E-state index in [2.05, 4.69) is 15.9 Å². The van der Waals surface area contributed by atoms with Gasteiger partial charge in [0.05, 0.1) is 11.1 Å². The summed E-state index contributed by atoms with van der Waals surface area (Å²) in [6.45, 7) is 0.600. The lowest BCUT2D eigenvalue weighted by molar-refractivity contribution is 0.357. The van der Waals surface area contributed by atoms with Crippen molar-refractivity contribution in [2.75, 3.05) is 6.61 Å². The highest BCUT2D eigenvalue weighted by atomic mass is 79.9. The summed E-state index contributed by atoms with van der Waals surface area (Å²) in [6.07, 6.45) is 0.681. The second-order valence-corrected chi connectivity index (χ2v) is 3.29. The van der Waals surface area contributed by atoms with E-state index in [0.29, 0.717) is 28.8 Å². The smallest absolute Gasteiger partial charge is 0.144 e. The predicted molar refractivity (Wildman–Crippen MR) is 43.3 cm³/mol. The fourth-order valence-electron chi connectivity index (χ4n) is 1.21. The molecule has 0 aromatic heterocycles. The Morgan fingerprint density at radius 2 is 2.27 bits per heavy atom. The molecule has 0 saturated heterocycles. The molecule has 58 valence electrons. The molecular weight excluding hydrogens is 211 g/mol. The minimum absolute atomic E-state index is 0.181. The van der Waals surface area contributed by atoms with E-state index in [1.54, 1.807) is 12.1 Å². The third-order valence-corrected chi connectivity index (χ3v) is 2.38. The minimum Gasteiger partial charge on any atom is -0.493 e. The summed E-state index contributed by atoms with van der Waals surface area (Å²) in [5.74, 6) is 0.505. The molecule has 1 nitrogen and oxygen atoms in total. The fourth-order valence-corrected chi connectivity index (χ4v) is 1.58. The van der Waals surface area contributed by atoms with Gasteiger partial charge in [-0.1, -0.05) is 0 Å². The Labute approximate surface area is 72.3 Å². The number of halogens is 2. The summed E-state index contributed by atoms with van der Waals surface area (Å²) in [5, 5.41) is 0. The molecule has 2 rings (SSSR count). The molecule has 0 amide bonds. The van der Waals surface area contributed by atoms with E-state index in [0.717, 1.165) is 0 Å². The van der Waals surface area contributed by atoms with E-state index in [-0.39, 0.29) is 5.82 Å². The molecule has 0 atom stereocenters. The lowest BCUT2D eigenvalue weighted by atomic mass is 10.1. The molecule has 0 N–H and O–H groups in total. The second-order valence-electron chi connectivity index (χ2n) is 2.44. The highest BCUT2D eigenvalue weighted by Crippen LogP contribution is 2.31. The van der Waals surface area contributed by atoms with Gasteiger partial charge in [0.2, 0.25) is 0 Å². The zero-order valence-corrected chi connectivity index (χ0v) is 7.32. The average molecular weight is 217 g/mol. The number of rotatable bonds is 0. The van der Waals surface area contributed by atoms with Gasteiger partial charge in [-0.2, -0.15) is 0 Å². The van der Waals surface area contributed by atoms with Gasteiger partial charge in [0.15, 0.2) is 0 Å². The zero-order chi connectivity index (χ0) is 7.84. The summed E-state index contributed by atoms with van der Waals surface area (Å²) in [5.41, 5.74) is 0.694. The topological polar surface area (TPSA) is 9.23 Å². The van der Waals surface area contributed by atoms with Gasteiger partial charge < -0.3 is 4.74 Å². The molecule has 1 aromatic rings. The Hall–Kier alpha value is -0.570. The molecule has 0 spiro atoms. The van der Waals surface area contributed by atoms with Crippen LogP contribution in [-0.2, 0) is 6.42 Å². The molecule has 11 heavy (non-hydrogen) atoms. The van der Waals surface area contributed by atoms with E-state index < -0.39 is 0 Å². The van der Waals surface area contributed by atoms with Crippen LogP contribution in [0.25, 0.3) is 0 Å². The van der Waals surface area contributed by atoms with Crippen molar-refractivity contribution in [1.82, 2.24) is 0 Å². The van der Waals surface area contributed by atoms with Gasteiger partial charge in [-0.3, -0.25) is 0 Å². The molecule has 0 saturated carbocycles.